The van der Waals surface area contributed by atoms with E-state index in [1.807, 2.05) is 32.0 Å². The van der Waals surface area contributed by atoms with E-state index in [9.17, 15) is 9.90 Å². The second kappa shape index (κ2) is 6.48. The topological polar surface area (TPSA) is 61.4 Å². The number of carbonyl (C=O) groups is 1. The Kier molecular flexibility index (Phi) is 4.88. The third kappa shape index (κ3) is 3.97. The number of urea groups is 1. The molecule has 0 spiro atoms. The number of benzene rings is 1. The molecule has 3 unspecified atom stereocenters. The van der Waals surface area contributed by atoms with E-state index in [0.29, 0.717) is 5.92 Å². The Bertz CT molecular complexity index is 473. The van der Waals surface area contributed by atoms with Gasteiger partial charge >= 0.3 is 6.03 Å². The number of aliphatic hydroxyl groups excluding tert-OH is 1. The van der Waals surface area contributed by atoms with E-state index in [-0.39, 0.29) is 24.6 Å². The molecule has 1 aliphatic rings. The van der Waals surface area contributed by atoms with E-state index in [1.54, 1.807) is 0 Å². The Balaban J connectivity index is 1.90. The number of hydrogen-bond acceptors (Lipinski definition) is 2. The highest BCUT2D eigenvalue weighted by Gasteiger charge is 2.42. The van der Waals surface area contributed by atoms with Crippen molar-refractivity contribution in [3.8, 4) is 0 Å². The minimum atomic E-state index is -0.500. The van der Waals surface area contributed by atoms with Crippen molar-refractivity contribution in [2.45, 2.75) is 51.1 Å². The van der Waals surface area contributed by atoms with Crippen LogP contribution in [-0.4, -0.2) is 29.3 Å². The quantitative estimate of drug-likeness (QED) is 0.754. The first-order chi connectivity index (χ1) is 9.96. The molecule has 0 saturated heterocycles. The van der Waals surface area contributed by atoms with Crippen LogP contribution in [0.25, 0.3) is 0 Å². The smallest absolute Gasteiger partial charge is 0.315 e. The molecule has 0 heterocycles. The van der Waals surface area contributed by atoms with Crippen molar-refractivity contribution < 1.29 is 9.90 Å². The monoisotopic (exact) mass is 290 g/mol. The molecule has 1 saturated carbocycles. The van der Waals surface area contributed by atoms with Gasteiger partial charge in [0.25, 0.3) is 0 Å². The van der Waals surface area contributed by atoms with Crippen LogP contribution in [0.2, 0.25) is 0 Å². The van der Waals surface area contributed by atoms with Crippen molar-refractivity contribution in [2.24, 2.45) is 5.92 Å². The molecule has 3 atom stereocenters. The molecular weight excluding hydrogens is 264 g/mol. The SMILES string of the molecule is CC(NC(=O)NC(C)(CO)C1CC1)C(C)c1ccccc1. The van der Waals surface area contributed by atoms with Crippen LogP contribution in [0.1, 0.15) is 45.1 Å². The molecule has 0 aromatic heterocycles. The van der Waals surface area contributed by atoms with E-state index in [4.69, 9.17) is 0 Å². The summed E-state index contributed by atoms with van der Waals surface area (Å²) in [4.78, 5) is 12.2. The van der Waals surface area contributed by atoms with E-state index in [2.05, 4.69) is 29.7 Å². The van der Waals surface area contributed by atoms with Gasteiger partial charge in [0.1, 0.15) is 0 Å². The minimum Gasteiger partial charge on any atom is -0.394 e. The van der Waals surface area contributed by atoms with Gasteiger partial charge in [0.2, 0.25) is 0 Å². The summed E-state index contributed by atoms with van der Waals surface area (Å²) in [5.74, 6) is 0.633. The molecular formula is C17H26N2O2. The molecule has 1 aliphatic carbocycles. The van der Waals surface area contributed by atoms with Gasteiger partial charge in [-0.05, 0) is 38.2 Å². The number of rotatable bonds is 6. The fourth-order valence-electron chi connectivity index (χ4n) is 2.66. The van der Waals surface area contributed by atoms with Crippen molar-refractivity contribution in [3.63, 3.8) is 0 Å². The second-order valence-electron chi connectivity index (χ2n) is 6.44. The Labute approximate surface area is 126 Å². The standard InChI is InChI=1S/C17H26N2O2/c1-12(14-7-5-4-6-8-14)13(2)18-16(21)19-17(3,11-20)15-9-10-15/h4-8,12-13,15,20H,9-11H2,1-3H3,(H2,18,19,21). The lowest BCUT2D eigenvalue weighted by molar-refractivity contribution is 0.154. The molecule has 1 aromatic rings. The van der Waals surface area contributed by atoms with Crippen LogP contribution < -0.4 is 10.6 Å². The average molecular weight is 290 g/mol. The van der Waals surface area contributed by atoms with Crippen LogP contribution in [0.4, 0.5) is 4.79 Å². The van der Waals surface area contributed by atoms with Gasteiger partial charge in [-0.3, -0.25) is 0 Å². The van der Waals surface area contributed by atoms with E-state index in [0.717, 1.165) is 12.8 Å². The van der Waals surface area contributed by atoms with Gasteiger partial charge in [0.05, 0.1) is 12.1 Å². The normalized spacial score (nSPS) is 20.2. The maximum atomic E-state index is 12.2. The summed E-state index contributed by atoms with van der Waals surface area (Å²) in [6.45, 7) is 6.00. The summed E-state index contributed by atoms with van der Waals surface area (Å²) in [5.41, 5.74) is 0.706. The summed E-state index contributed by atoms with van der Waals surface area (Å²) >= 11 is 0. The van der Waals surface area contributed by atoms with Gasteiger partial charge < -0.3 is 15.7 Å². The molecule has 0 radical (unpaired) electrons. The van der Waals surface area contributed by atoms with Crippen LogP contribution in [-0.2, 0) is 0 Å². The van der Waals surface area contributed by atoms with Crippen LogP contribution in [0.3, 0.4) is 0 Å². The molecule has 2 rings (SSSR count). The molecule has 4 heteroatoms. The zero-order valence-corrected chi connectivity index (χ0v) is 13.1. The van der Waals surface area contributed by atoms with Crippen LogP contribution in [0.5, 0.6) is 0 Å². The predicted molar refractivity (Wildman–Crippen MR) is 84.2 cm³/mol. The summed E-state index contributed by atoms with van der Waals surface area (Å²) in [7, 11) is 0. The van der Waals surface area contributed by atoms with Crippen LogP contribution in [0.15, 0.2) is 30.3 Å². The number of hydrogen-bond donors (Lipinski definition) is 3. The molecule has 2 amide bonds. The van der Waals surface area contributed by atoms with Crippen molar-refractivity contribution in [3.05, 3.63) is 35.9 Å². The first-order valence-electron chi connectivity index (χ1n) is 7.71. The van der Waals surface area contributed by atoms with Crippen molar-refractivity contribution >= 4 is 6.03 Å². The Morgan fingerprint density at radius 2 is 1.95 bits per heavy atom. The van der Waals surface area contributed by atoms with Gasteiger partial charge in [0.15, 0.2) is 0 Å². The van der Waals surface area contributed by atoms with Crippen LogP contribution in [0, 0.1) is 5.92 Å². The fraction of sp³-hybridized carbons (Fsp3) is 0.588. The van der Waals surface area contributed by atoms with Gasteiger partial charge in [-0.2, -0.15) is 0 Å². The largest absolute Gasteiger partial charge is 0.394 e. The molecule has 0 aliphatic heterocycles. The fourth-order valence-corrected chi connectivity index (χ4v) is 2.66. The van der Waals surface area contributed by atoms with E-state index >= 15 is 0 Å². The summed E-state index contributed by atoms with van der Waals surface area (Å²) in [6, 6.07) is 9.97. The number of aliphatic hydroxyl groups is 1. The average Bonchev–Trinajstić information content (AvgIpc) is 3.32. The van der Waals surface area contributed by atoms with Gasteiger partial charge in [-0.1, -0.05) is 37.3 Å². The molecule has 1 aromatic carbocycles. The molecule has 1 fully saturated rings. The third-order valence-electron chi connectivity index (χ3n) is 4.64. The Hall–Kier alpha value is -1.55. The van der Waals surface area contributed by atoms with Gasteiger partial charge in [0, 0.05) is 12.0 Å². The highest BCUT2D eigenvalue weighted by Crippen LogP contribution is 2.39. The van der Waals surface area contributed by atoms with Gasteiger partial charge in [-0.25, -0.2) is 4.79 Å². The number of carbonyl (C=O) groups excluding carboxylic acids is 1. The van der Waals surface area contributed by atoms with Gasteiger partial charge in [-0.15, -0.1) is 0 Å². The molecule has 0 bridgehead atoms. The van der Waals surface area contributed by atoms with Crippen molar-refractivity contribution in [1.82, 2.24) is 10.6 Å². The molecule has 21 heavy (non-hydrogen) atoms. The van der Waals surface area contributed by atoms with E-state index in [1.165, 1.54) is 5.56 Å². The highest BCUT2D eigenvalue weighted by atomic mass is 16.3. The first kappa shape index (κ1) is 15.8. The maximum absolute atomic E-state index is 12.2. The number of nitrogens with one attached hydrogen (secondary N) is 2. The lowest BCUT2D eigenvalue weighted by Crippen LogP contribution is -2.55. The van der Waals surface area contributed by atoms with Crippen LogP contribution >= 0.6 is 0 Å². The maximum Gasteiger partial charge on any atom is 0.315 e. The van der Waals surface area contributed by atoms with Crippen molar-refractivity contribution in [2.75, 3.05) is 6.61 Å². The lowest BCUT2D eigenvalue weighted by Gasteiger charge is -2.30. The van der Waals surface area contributed by atoms with E-state index < -0.39 is 5.54 Å². The lowest BCUT2D eigenvalue weighted by atomic mass is 9.94. The number of amides is 2. The third-order valence-corrected chi connectivity index (χ3v) is 4.64. The molecule has 116 valence electrons. The zero-order valence-electron chi connectivity index (χ0n) is 13.1. The first-order valence-corrected chi connectivity index (χ1v) is 7.71. The summed E-state index contributed by atoms with van der Waals surface area (Å²) in [6.07, 6.45) is 2.15. The highest BCUT2D eigenvalue weighted by molar-refractivity contribution is 5.75. The molecule has 4 nitrogen and oxygen atoms in total. The zero-order chi connectivity index (χ0) is 15.5. The summed E-state index contributed by atoms with van der Waals surface area (Å²) < 4.78 is 0. The summed E-state index contributed by atoms with van der Waals surface area (Å²) in [5, 5.41) is 15.5. The van der Waals surface area contributed by atoms with Crippen molar-refractivity contribution in [1.29, 1.82) is 0 Å². The second-order valence-corrected chi connectivity index (χ2v) is 6.44. The predicted octanol–water partition coefficient (Wildman–Crippen LogP) is 2.64. The minimum absolute atomic E-state index is 0.0201. The Morgan fingerprint density at radius 1 is 1.33 bits per heavy atom. The molecule has 3 N–H and O–H groups in total. The Morgan fingerprint density at radius 3 is 2.48 bits per heavy atom.